The van der Waals surface area contributed by atoms with Crippen LogP contribution in [-0.4, -0.2) is 48.1 Å². The highest BCUT2D eigenvalue weighted by atomic mass is 19.3. The van der Waals surface area contributed by atoms with Crippen LogP contribution in [0.25, 0.3) is 10.9 Å². The summed E-state index contributed by atoms with van der Waals surface area (Å²) in [7, 11) is 1.57. The predicted molar refractivity (Wildman–Crippen MR) is 120 cm³/mol. The van der Waals surface area contributed by atoms with Gasteiger partial charge in [-0.05, 0) is 31.5 Å². The zero-order valence-electron chi connectivity index (χ0n) is 18.8. The molecule has 176 valence electrons. The first-order valence-corrected chi connectivity index (χ1v) is 10.8. The number of ether oxygens (including phenoxy) is 3. The van der Waals surface area contributed by atoms with Crippen LogP contribution in [0.3, 0.4) is 0 Å². The molecule has 2 N–H and O–H groups in total. The number of aliphatic hydroxyl groups is 1. The summed E-state index contributed by atoms with van der Waals surface area (Å²) in [5.74, 6) is -1.07. The van der Waals surface area contributed by atoms with Gasteiger partial charge in [0.05, 0.1) is 25.8 Å². The van der Waals surface area contributed by atoms with Gasteiger partial charge in [-0.25, -0.2) is 9.97 Å². The Morgan fingerprint density at radius 1 is 1.24 bits per heavy atom. The molecule has 1 aromatic heterocycles. The largest absolute Gasteiger partial charge is 0.493 e. The molecule has 0 bridgehead atoms. The smallest absolute Gasteiger partial charge is 0.295 e. The van der Waals surface area contributed by atoms with Crippen molar-refractivity contribution in [2.45, 2.75) is 38.3 Å². The van der Waals surface area contributed by atoms with Gasteiger partial charge in [0.25, 0.3) is 5.92 Å². The van der Waals surface area contributed by atoms with Crippen LogP contribution >= 0.6 is 0 Å². The van der Waals surface area contributed by atoms with E-state index >= 15 is 0 Å². The third-order valence-electron chi connectivity index (χ3n) is 5.64. The van der Waals surface area contributed by atoms with Gasteiger partial charge in [0.1, 0.15) is 24.4 Å². The van der Waals surface area contributed by atoms with Crippen molar-refractivity contribution in [3.8, 4) is 11.5 Å². The number of fused-ring (bicyclic) bond motifs is 1. The lowest BCUT2D eigenvalue weighted by atomic mass is 10.0. The number of hydrogen-bond donors (Lipinski definition) is 2. The van der Waals surface area contributed by atoms with Crippen molar-refractivity contribution in [2.24, 2.45) is 0 Å². The third-order valence-corrected chi connectivity index (χ3v) is 5.64. The zero-order valence-corrected chi connectivity index (χ0v) is 18.8. The van der Waals surface area contributed by atoms with Gasteiger partial charge < -0.3 is 24.6 Å². The summed E-state index contributed by atoms with van der Waals surface area (Å²) < 4.78 is 45.0. The van der Waals surface area contributed by atoms with E-state index in [1.165, 1.54) is 12.1 Å². The molecule has 0 aliphatic carbocycles. The van der Waals surface area contributed by atoms with Crippen LogP contribution in [0.2, 0.25) is 0 Å². The van der Waals surface area contributed by atoms with Gasteiger partial charge in [0, 0.05) is 29.5 Å². The number of halogens is 2. The van der Waals surface area contributed by atoms with Crippen LogP contribution < -0.4 is 14.8 Å². The highest BCUT2D eigenvalue weighted by molar-refractivity contribution is 5.92. The highest BCUT2D eigenvalue weighted by Gasteiger charge is 2.31. The summed E-state index contributed by atoms with van der Waals surface area (Å²) in [6.45, 7) is 3.56. The lowest BCUT2D eigenvalue weighted by Gasteiger charge is -2.20. The van der Waals surface area contributed by atoms with E-state index in [9.17, 15) is 8.78 Å². The maximum atomic E-state index is 14.0. The Balaban J connectivity index is 1.69. The van der Waals surface area contributed by atoms with Gasteiger partial charge in [-0.1, -0.05) is 18.2 Å². The summed E-state index contributed by atoms with van der Waals surface area (Å²) in [4.78, 5) is 9.07. The van der Waals surface area contributed by atoms with Crippen LogP contribution in [0.5, 0.6) is 11.5 Å². The second kappa shape index (κ2) is 9.44. The number of aryl methyl sites for hydroxylation is 1. The minimum Gasteiger partial charge on any atom is -0.493 e. The van der Waals surface area contributed by atoms with E-state index in [-0.39, 0.29) is 17.7 Å². The Hall–Kier alpha value is -3.04. The van der Waals surface area contributed by atoms with Crippen LogP contribution in [-0.2, 0) is 10.7 Å². The standard InChI is InChI=1S/C24H27F2N3O4/c1-14(16-5-4-6-17(9-16)24(25,26)13-30)27-23-19-10-22(33-18-7-8-32-12-18)21(31-3)11-20(19)28-15(2)29-23/h4-6,9-11,14,18,30H,7-8,12-13H2,1-3H3,(H,27,28,29)/t14-,18-/m1/s1. The SMILES string of the molecule is COc1cc2nc(C)nc(N[C@H](C)c3cccc(C(F)(F)CO)c3)c2cc1O[C@@H]1CCOC1. The van der Waals surface area contributed by atoms with E-state index in [4.69, 9.17) is 19.3 Å². The molecule has 2 atom stereocenters. The number of benzene rings is 2. The van der Waals surface area contributed by atoms with Crippen LogP contribution in [0.15, 0.2) is 36.4 Å². The molecule has 0 unspecified atom stereocenters. The monoisotopic (exact) mass is 459 g/mol. The lowest BCUT2D eigenvalue weighted by Crippen LogP contribution is -2.19. The van der Waals surface area contributed by atoms with Gasteiger partial charge in [0.15, 0.2) is 11.5 Å². The number of rotatable bonds is 8. The molecule has 4 rings (SSSR count). The number of anilines is 1. The topological polar surface area (TPSA) is 85.7 Å². The van der Waals surface area contributed by atoms with E-state index in [0.717, 1.165) is 11.8 Å². The van der Waals surface area contributed by atoms with E-state index in [0.29, 0.717) is 47.4 Å². The summed E-state index contributed by atoms with van der Waals surface area (Å²) in [5, 5.41) is 13.1. The van der Waals surface area contributed by atoms with Crippen molar-refractivity contribution in [2.75, 3.05) is 32.2 Å². The lowest BCUT2D eigenvalue weighted by molar-refractivity contribution is -0.0556. The minimum atomic E-state index is -3.30. The highest BCUT2D eigenvalue weighted by Crippen LogP contribution is 2.37. The third kappa shape index (κ3) is 4.99. The first kappa shape index (κ1) is 23.1. The predicted octanol–water partition coefficient (Wildman–Crippen LogP) is 4.37. The zero-order chi connectivity index (χ0) is 23.6. The molecule has 1 fully saturated rings. The van der Waals surface area contributed by atoms with Gasteiger partial charge in [-0.2, -0.15) is 8.78 Å². The van der Waals surface area contributed by atoms with Gasteiger partial charge in [-0.15, -0.1) is 0 Å². The fraction of sp³-hybridized carbons (Fsp3) is 0.417. The molecule has 0 spiro atoms. The molecule has 3 aromatic rings. The molecule has 9 heteroatoms. The molecule has 2 heterocycles. The average Bonchev–Trinajstić information content (AvgIpc) is 3.32. The fourth-order valence-electron chi connectivity index (χ4n) is 3.81. The van der Waals surface area contributed by atoms with Crippen LogP contribution in [0.1, 0.15) is 36.3 Å². The van der Waals surface area contributed by atoms with Crippen molar-refractivity contribution in [3.63, 3.8) is 0 Å². The first-order valence-electron chi connectivity index (χ1n) is 10.8. The van der Waals surface area contributed by atoms with Crippen LogP contribution in [0.4, 0.5) is 14.6 Å². The normalized spacial score (nSPS) is 17.2. The molecule has 1 aliphatic rings. The fourth-order valence-corrected chi connectivity index (χ4v) is 3.81. The second-order valence-electron chi connectivity index (χ2n) is 8.10. The number of hydrogen-bond acceptors (Lipinski definition) is 7. The number of aromatic nitrogens is 2. The van der Waals surface area contributed by atoms with Gasteiger partial charge in [0.2, 0.25) is 0 Å². The Morgan fingerprint density at radius 2 is 2.06 bits per heavy atom. The quantitative estimate of drug-likeness (QED) is 0.517. The molecule has 0 amide bonds. The van der Waals surface area contributed by atoms with Crippen molar-refractivity contribution in [1.82, 2.24) is 9.97 Å². The minimum absolute atomic E-state index is 0.0611. The first-order chi connectivity index (χ1) is 15.8. The maximum absolute atomic E-state index is 14.0. The molecule has 7 nitrogen and oxygen atoms in total. The van der Waals surface area contributed by atoms with E-state index in [1.54, 1.807) is 32.2 Å². The molecule has 2 aromatic carbocycles. The molecule has 33 heavy (non-hydrogen) atoms. The van der Waals surface area contributed by atoms with Crippen molar-refractivity contribution in [3.05, 3.63) is 53.3 Å². The Bertz CT molecular complexity index is 1140. The van der Waals surface area contributed by atoms with Gasteiger partial charge >= 0.3 is 0 Å². The van der Waals surface area contributed by atoms with Crippen molar-refractivity contribution in [1.29, 1.82) is 0 Å². The maximum Gasteiger partial charge on any atom is 0.295 e. The molecule has 1 aliphatic heterocycles. The van der Waals surface area contributed by atoms with Crippen LogP contribution in [0, 0.1) is 6.92 Å². The Kier molecular flexibility index (Phi) is 6.62. The molecular weight excluding hydrogens is 432 g/mol. The van der Waals surface area contributed by atoms with E-state index in [2.05, 4.69) is 15.3 Å². The van der Waals surface area contributed by atoms with Gasteiger partial charge in [-0.3, -0.25) is 0 Å². The Labute approximate surface area is 190 Å². The number of nitrogens with zero attached hydrogens (tertiary/aromatic N) is 2. The molecule has 0 radical (unpaired) electrons. The number of alkyl halides is 2. The molecular formula is C24H27F2N3O4. The van der Waals surface area contributed by atoms with Crippen molar-refractivity contribution >= 4 is 16.7 Å². The van der Waals surface area contributed by atoms with E-state index < -0.39 is 12.5 Å². The number of methoxy groups -OCH3 is 1. The number of aliphatic hydroxyl groups excluding tert-OH is 1. The summed E-state index contributed by atoms with van der Waals surface area (Å²) in [6, 6.07) is 9.29. The van der Waals surface area contributed by atoms with E-state index in [1.807, 2.05) is 13.0 Å². The second-order valence-corrected chi connectivity index (χ2v) is 8.10. The molecule has 0 saturated carbocycles. The Morgan fingerprint density at radius 3 is 2.76 bits per heavy atom. The summed E-state index contributed by atoms with van der Waals surface area (Å²) in [6.07, 6.45) is 0.733. The van der Waals surface area contributed by atoms with Crippen molar-refractivity contribution < 1.29 is 28.1 Å². The summed E-state index contributed by atoms with van der Waals surface area (Å²) >= 11 is 0. The average molecular weight is 459 g/mol. The molecule has 1 saturated heterocycles. The number of nitrogens with one attached hydrogen (secondary N) is 1. The summed E-state index contributed by atoms with van der Waals surface area (Å²) in [5.41, 5.74) is 1.07.